The Labute approximate surface area is 242 Å². The quantitative estimate of drug-likeness (QED) is 0.294. The molecule has 0 aliphatic carbocycles. The van der Waals surface area contributed by atoms with Crippen LogP contribution in [0.3, 0.4) is 0 Å². The van der Waals surface area contributed by atoms with Crippen LogP contribution < -0.4 is 14.4 Å². The molecule has 2 amide bonds. The van der Waals surface area contributed by atoms with Crippen LogP contribution in [0, 0.1) is 5.82 Å². The highest BCUT2D eigenvalue weighted by Crippen LogP contribution is 2.26. The largest absolute Gasteiger partial charge is 0.494 e. The van der Waals surface area contributed by atoms with Gasteiger partial charge in [0.2, 0.25) is 11.8 Å². The van der Waals surface area contributed by atoms with Crippen LogP contribution in [0.1, 0.15) is 39.7 Å². The number of hydrogen-bond acceptors (Lipinski definition) is 5. The number of carbonyl (C=O) groups excluding carboxylic acids is 2. The second-order valence-corrected chi connectivity index (χ2v) is 11.6. The van der Waals surface area contributed by atoms with Gasteiger partial charge in [-0.1, -0.05) is 37.3 Å². The van der Waals surface area contributed by atoms with Crippen LogP contribution in [0.2, 0.25) is 0 Å². The Morgan fingerprint density at radius 3 is 2.15 bits per heavy atom. The third-order valence-electron chi connectivity index (χ3n) is 6.77. The van der Waals surface area contributed by atoms with Gasteiger partial charge in [0.05, 0.1) is 17.2 Å². The number of amides is 2. The average molecular weight is 584 g/mol. The predicted molar refractivity (Wildman–Crippen MR) is 158 cm³/mol. The van der Waals surface area contributed by atoms with E-state index in [-0.39, 0.29) is 29.1 Å². The van der Waals surface area contributed by atoms with E-state index in [0.29, 0.717) is 18.8 Å². The number of rotatable bonds is 14. The van der Waals surface area contributed by atoms with Gasteiger partial charge in [0.15, 0.2) is 0 Å². The lowest BCUT2D eigenvalue weighted by Gasteiger charge is -2.32. The van der Waals surface area contributed by atoms with Gasteiger partial charge in [0, 0.05) is 12.6 Å². The number of nitrogens with one attached hydrogen (secondary N) is 1. The highest BCUT2D eigenvalue weighted by molar-refractivity contribution is 7.92. The molecule has 0 radical (unpaired) electrons. The van der Waals surface area contributed by atoms with Crippen molar-refractivity contribution in [3.63, 3.8) is 0 Å². The molecule has 0 fully saturated rings. The third kappa shape index (κ3) is 8.53. The molecular formula is C31H38FN3O5S. The second-order valence-electron chi connectivity index (χ2n) is 9.71. The first-order chi connectivity index (χ1) is 19.6. The molecule has 8 nitrogen and oxygen atoms in total. The number of nitrogens with zero attached hydrogens (tertiary/aromatic N) is 2. The van der Waals surface area contributed by atoms with Gasteiger partial charge in [-0.05, 0) is 87.7 Å². The van der Waals surface area contributed by atoms with E-state index in [1.54, 1.807) is 31.2 Å². The molecule has 220 valence electrons. The van der Waals surface area contributed by atoms with Crippen LogP contribution in [0.25, 0.3) is 0 Å². The van der Waals surface area contributed by atoms with Gasteiger partial charge >= 0.3 is 0 Å². The summed E-state index contributed by atoms with van der Waals surface area (Å²) in [5.74, 6) is -0.913. The first-order valence-electron chi connectivity index (χ1n) is 13.7. The minimum absolute atomic E-state index is 0.0877. The van der Waals surface area contributed by atoms with Crippen LogP contribution in [-0.4, -0.2) is 56.9 Å². The number of halogens is 1. The fourth-order valence-electron chi connectivity index (χ4n) is 4.17. The molecule has 3 rings (SSSR count). The number of ether oxygens (including phenoxy) is 1. The number of anilines is 1. The molecule has 0 aliphatic rings. The van der Waals surface area contributed by atoms with Crippen molar-refractivity contribution < 1.29 is 27.1 Å². The maximum absolute atomic E-state index is 13.9. The summed E-state index contributed by atoms with van der Waals surface area (Å²) in [6.07, 6.45) is 1.19. The number of benzene rings is 3. The van der Waals surface area contributed by atoms with Gasteiger partial charge in [-0.25, -0.2) is 12.8 Å². The third-order valence-corrected chi connectivity index (χ3v) is 8.56. The highest BCUT2D eigenvalue weighted by atomic mass is 32.2. The molecule has 0 saturated heterocycles. The van der Waals surface area contributed by atoms with E-state index in [4.69, 9.17) is 4.74 Å². The fourth-order valence-corrected chi connectivity index (χ4v) is 5.59. The van der Waals surface area contributed by atoms with Crippen molar-refractivity contribution >= 4 is 27.5 Å². The minimum atomic E-state index is -4.28. The zero-order valence-corrected chi connectivity index (χ0v) is 24.7. The molecule has 0 saturated carbocycles. The molecule has 0 spiro atoms. The molecule has 0 unspecified atom stereocenters. The molecule has 0 aromatic heterocycles. The molecule has 3 aromatic carbocycles. The van der Waals surface area contributed by atoms with Gasteiger partial charge in [-0.3, -0.25) is 13.9 Å². The Kier molecular flexibility index (Phi) is 11.3. The Morgan fingerprint density at radius 1 is 0.927 bits per heavy atom. The summed E-state index contributed by atoms with van der Waals surface area (Å²) in [5.41, 5.74) is 1.20. The molecule has 1 N–H and O–H groups in total. The van der Waals surface area contributed by atoms with E-state index < -0.39 is 34.3 Å². The lowest BCUT2D eigenvalue weighted by Crippen LogP contribution is -2.53. The van der Waals surface area contributed by atoms with Crippen molar-refractivity contribution in [2.24, 2.45) is 0 Å². The molecule has 3 aromatic rings. The van der Waals surface area contributed by atoms with Crippen LogP contribution >= 0.6 is 0 Å². The molecule has 0 heterocycles. The maximum atomic E-state index is 13.9. The zero-order chi connectivity index (χ0) is 30.0. The van der Waals surface area contributed by atoms with E-state index in [2.05, 4.69) is 5.32 Å². The van der Waals surface area contributed by atoms with Gasteiger partial charge in [-0.15, -0.1) is 0 Å². The van der Waals surface area contributed by atoms with Crippen LogP contribution in [0.4, 0.5) is 10.1 Å². The van der Waals surface area contributed by atoms with Gasteiger partial charge in [0.1, 0.15) is 24.2 Å². The van der Waals surface area contributed by atoms with E-state index >= 15 is 0 Å². The van der Waals surface area contributed by atoms with Crippen molar-refractivity contribution in [3.8, 4) is 5.75 Å². The Bertz CT molecular complexity index is 1380. The predicted octanol–water partition coefficient (Wildman–Crippen LogP) is 4.79. The summed E-state index contributed by atoms with van der Waals surface area (Å²) in [6.45, 7) is 7.36. The average Bonchev–Trinajstić information content (AvgIpc) is 2.97. The summed E-state index contributed by atoms with van der Waals surface area (Å²) in [6, 6.07) is 19.4. The highest BCUT2D eigenvalue weighted by Gasteiger charge is 2.32. The summed E-state index contributed by atoms with van der Waals surface area (Å²) in [5, 5.41) is 2.91. The van der Waals surface area contributed by atoms with Gasteiger partial charge < -0.3 is 15.0 Å². The molecule has 0 aliphatic heterocycles. The molecule has 2 atom stereocenters. The van der Waals surface area contributed by atoms with Crippen molar-refractivity contribution in [2.45, 2.75) is 57.5 Å². The monoisotopic (exact) mass is 583 g/mol. The Morgan fingerprint density at radius 2 is 1.56 bits per heavy atom. The number of hydrogen-bond donors (Lipinski definition) is 1. The Hall–Kier alpha value is -3.92. The lowest BCUT2D eigenvalue weighted by molar-refractivity contribution is -0.139. The number of sulfonamides is 1. The van der Waals surface area contributed by atoms with Crippen molar-refractivity contribution in [1.29, 1.82) is 0 Å². The Balaban J connectivity index is 1.98. The van der Waals surface area contributed by atoms with E-state index in [0.717, 1.165) is 40.6 Å². The summed E-state index contributed by atoms with van der Waals surface area (Å²) < 4.78 is 47.7. The molecular weight excluding hydrogens is 545 g/mol. The van der Waals surface area contributed by atoms with E-state index in [1.807, 2.05) is 51.1 Å². The van der Waals surface area contributed by atoms with Crippen LogP contribution in [0.15, 0.2) is 83.8 Å². The first kappa shape index (κ1) is 31.6. The van der Waals surface area contributed by atoms with Crippen molar-refractivity contribution in [3.05, 3.63) is 90.2 Å². The number of carbonyl (C=O) groups is 2. The topological polar surface area (TPSA) is 96.0 Å². The normalized spacial score (nSPS) is 12.7. The van der Waals surface area contributed by atoms with E-state index in [1.165, 1.54) is 4.90 Å². The first-order valence-corrected chi connectivity index (χ1v) is 15.2. The minimum Gasteiger partial charge on any atom is -0.494 e. The molecule has 0 bridgehead atoms. The van der Waals surface area contributed by atoms with Crippen molar-refractivity contribution in [2.75, 3.05) is 24.0 Å². The molecule has 41 heavy (non-hydrogen) atoms. The molecule has 10 heteroatoms. The second kappa shape index (κ2) is 14.6. The lowest BCUT2D eigenvalue weighted by atomic mass is 10.1. The smallest absolute Gasteiger partial charge is 0.264 e. The van der Waals surface area contributed by atoms with Gasteiger partial charge in [0.25, 0.3) is 10.0 Å². The fraction of sp³-hybridized carbons (Fsp3) is 0.355. The van der Waals surface area contributed by atoms with Gasteiger partial charge in [-0.2, -0.15) is 0 Å². The van der Waals surface area contributed by atoms with E-state index in [9.17, 15) is 22.4 Å². The van der Waals surface area contributed by atoms with Crippen LogP contribution in [0.5, 0.6) is 5.75 Å². The maximum Gasteiger partial charge on any atom is 0.264 e. The van der Waals surface area contributed by atoms with Crippen molar-refractivity contribution in [1.82, 2.24) is 10.2 Å². The summed E-state index contributed by atoms with van der Waals surface area (Å²) >= 11 is 0. The zero-order valence-electron chi connectivity index (χ0n) is 23.9. The standard InChI is InChI=1S/C31H38FN3O5S/c1-5-23(3)33-31(37)24(4)34(21-20-25-10-8-7-9-11-25)30(36)22-35(27-14-16-28(17-15-27)40-6-2)41(38,39)29-18-12-26(32)13-19-29/h7-19,23-24H,5-6,20-22H2,1-4H3,(H,33,37)/t23-,24-/m1/s1. The SMILES string of the molecule is CCOc1ccc(N(CC(=O)N(CCc2ccccc2)[C@H](C)C(=O)N[C@H](C)CC)S(=O)(=O)c2ccc(F)cc2)cc1. The summed E-state index contributed by atoms with van der Waals surface area (Å²) in [7, 11) is -4.28. The van der Waals surface area contributed by atoms with Crippen LogP contribution in [-0.2, 0) is 26.0 Å². The summed E-state index contributed by atoms with van der Waals surface area (Å²) in [4.78, 5) is 28.2.